The highest BCUT2D eigenvalue weighted by atomic mass is 16.7. The highest BCUT2D eigenvalue weighted by Crippen LogP contribution is 2.47. The van der Waals surface area contributed by atoms with Gasteiger partial charge in [-0.1, -0.05) is 48.5 Å². The minimum Gasteiger partial charge on any atom is -0.508 e. The number of hydrogen-bond donors (Lipinski definition) is 1. The van der Waals surface area contributed by atoms with Crippen molar-refractivity contribution >= 4 is 23.2 Å². The van der Waals surface area contributed by atoms with Crippen molar-refractivity contribution in [3.05, 3.63) is 100 Å². The molecule has 9 nitrogen and oxygen atoms in total. The number of likely N-dealkylation sites (tertiary alicyclic amines) is 1. The van der Waals surface area contributed by atoms with Crippen LogP contribution in [0.4, 0.5) is 11.4 Å². The molecule has 0 bridgehead atoms. The van der Waals surface area contributed by atoms with Crippen molar-refractivity contribution in [2.45, 2.75) is 18.7 Å². The Morgan fingerprint density at radius 1 is 0.939 bits per heavy atom. The van der Waals surface area contributed by atoms with Crippen LogP contribution in [0.5, 0.6) is 5.75 Å². The van der Waals surface area contributed by atoms with E-state index in [2.05, 4.69) is 0 Å². The number of nitro benzene ring substituents is 1. The fourth-order valence-electron chi connectivity index (χ4n) is 4.37. The molecule has 166 valence electrons. The van der Waals surface area contributed by atoms with Gasteiger partial charge < -0.3 is 5.11 Å². The number of fused-ring (bicyclic) bond motifs is 1. The highest BCUT2D eigenvalue weighted by molar-refractivity contribution is 6.07. The fourth-order valence-corrected chi connectivity index (χ4v) is 4.37. The number of hydrogen-bond acceptors (Lipinski definition) is 7. The number of anilines is 1. The molecule has 2 saturated heterocycles. The van der Waals surface area contributed by atoms with Gasteiger partial charge in [-0.15, -0.1) is 0 Å². The monoisotopic (exact) mass is 445 g/mol. The molecule has 0 aromatic heterocycles. The molecule has 3 atom stereocenters. The zero-order valence-electron chi connectivity index (χ0n) is 17.3. The average Bonchev–Trinajstić information content (AvgIpc) is 3.32. The molecule has 2 fully saturated rings. The van der Waals surface area contributed by atoms with Gasteiger partial charge in [0.25, 0.3) is 11.6 Å². The minimum atomic E-state index is -1.06. The first-order valence-electron chi connectivity index (χ1n) is 10.3. The van der Waals surface area contributed by atoms with E-state index in [1.54, 1.807) is 18.2 Å². The molecule has 2 heterocycles. The Morgan fingerprint density at radius 3 is 2.36 bits per heavy atom. The van der Waals surface area contributed by atoms with Gasteiger partial charge in [-0.25, -0.2) is 5.06 Å². The lowest BCUT2D eigenvalue weighted by molar-refractivity contribution is -0.384. The van der Waals surface area contributed by atoms with Gasteiger partial charge in [-0.05, 0) is 29.3 Å². The van der Waals surface area contributed by atoms with Gasteiger partial charge in [-0.3, -0.25) is 29.4 Å². The smallest absolute Gasteiger partial charge is 0.271 e. The van der Waals surface area contributed by atoms with E-state index in [0.29, 0.717) is 11.3 Å². The molecule has 3 aromatic carbocycles. The molecule has 0 unspecified atom stereocenters. The maximum Gasteiger partial charge on any atom is 0.271 e. The Kier molecular flexibility index (Phi) is 5.02. The van der Waals surface area contributed by atoms with Crippen molar-refractivity contribution in [2.24, 2.45) is 5.92 Å². The molecule has 9 heteroatoms. The summed E-state index contributed by atoms with van der Waals surface area (Å²) in [5.74, 6) is -1.62. The number of nitrogens with zero attached hydrogens (tertiary/aromatic N) is 3. The van der Waals surface area contributed by atoms with E-state index in [4.69, 9.17) is 4.84 Å². The van der Waals surface area contributed by atoms with Crippen molar-refractivity contribution in [1.29, 1.82) is 0 Å². The average molecular weight is 445 g/mol. The zero-order chi connectivity index (χ0) is 23.1. The van der Waals surface area contributed by atoms with Crippen LogP contribution in [0.25, 0.3) is 0 Å². The second-order valence-corrected chi connectivity index (χ2v) is 7.94. The Bertz CT molecular complexity index is 1230. The summed E-state index contributed by atoms with van der Waals surface area (Å²) in [4.78, 5) is 44.6. The zero-order valence-corrected chi connectivity index (χ0v) is 17.3. The first kappa shape index (κ1) is 20.7. The largest absolute Gasteiger partial charge is 0.508 e. The fraction of sp³-hybridized carbons (Fsp3) is 0.167. The molecule has 0 saturated carbocycles. The molecule has 5 rings (SSSR count). The molecule has 2 amide bonds. The summed E-state index contributed by atoms with van der Waals surface area (Å²) >= 11 is 0. The number of benzene rings is 3. The first-order chi connectivity index (χ1) is 15.9. The number of rotatable bonds is 5. The highest BCUT2D eigenvalue weighted by Gasteiger charge is 2.59. The van der Waals surface area contributed by atoms with Crippen molar-refractivity contribution in [3.8, 4) is 5.75 Å². The molecule has 2 aliphatic rings. The van der Waals surface area contributed by atoms with Crippen molar-refractivity contribution in [3.63, 3.8) is 0 Å². The molecule has 0 spiro atoms. The summed E-state index contributed by atoms with van der Waals surface area (Å²) in [7, 11) is 0. The van der Waals surface area contributed by atoms with Crippen molar-refractivity contribution in [1.82, 2.24) is 4.90 Å². The SMILES string of the molecule is O=C1[C@H]2[C@@H](ON(c3cccc([N+](=O)[O-])c3)[C@H]2c2ccc(O)cc2)C(=O)N1Cc1ccccc1. The van der Waals surface area contributed by atoms with Crippen LogP contribution >= 0.6 is 0 Å². The number of phenols is 1. The van der Waals surface area contributed by atoms with Crippen LogP contribution < -0.4 is 5.06 Å². The van der Waals surface area contributed by atoms with Gasteiger partial charge in [0.05, 0.1) is 23.2 Å². The second-order valence-electron chi connectivity index (χ2n) is 7.94. The standard InChI is InChI=1S/C24H19N3O6/c28-19-11-9-16(10-12-19)21-20-22(33-26(21)17-7-4-8-18(13-17)27(31)32)24(30)25(23(20)29)14-15-5-2-1-3-6-15/h1-13,20-22,28H,14H2/t20-,21+,22-/m1/s1. The van der Waals surface area contributed by atoms with Crippen LogP contribution in [-0.4, -0.2) is 32.8 Å². The van der Waals surface area contributed by atoms with Crippen LogP contribution in [0.1, 0.15) is 17.2 Å². The van der Waals surface area contributed by atoms with E-state index in [0.717, 1.165) is 5.56 Å². The lowest BCUT2D eigenvalue weighted by Gasteiger charge is -2.28. The third-order valence-electron chi connectivity index (χ3n) is 5.92. The van der Waals surface area contributed by atoms with Gasteiger partial charge in [-0.2, -0.15) is 0 Å². The Labute approximate surface area is 188 Å². The number of carbonyl (C=O) groups is 2. The first-order valence-corrected chi connectivity index (χ1v) is 10.3. The molecular weight excluding hydrogens is 426 g/mol. The van der Waals surface area contributed by atoms with E-state index >= 15 is 0 Å². The number of amides is 2. The van der Waals surface area contributed by atoms with Gasteiger partial charge in [0.2, 0.25) is 5.91 Å². The molecule has 2 aliphatic heterocycles. The maximum absolute atomic E-state index is 13.4. The van der Waals surface area contributed by atoms with Gasteiger partial charge in [0, 0.05) is 12.1 Å². The third kappa shape index (κ3) is 3.58. The molecule has 0 radical (unpaired) electrons. The van der Waals surface area contributed by atoms with E-state index in [1.165, 1.54) is 40.3 Å². The van der Waals surface area contributed by atoms with Crippen LogP contribution in [-0.2, 0) is 21.0 Å². The van der Waals surface area contributed by atoms with Crippen LogP contribution in [0, 0.1) is 16.0 Å². The summed E-state index contributed by atoms with van der Waals surface area (Å²) in [6.45, 7) is 0.133. The lowest BCUT2D eigenvalue weighted by Crippen LogP contribution is -2.36. The topological polar surface area (TPSA) is 113 Å². The number of imide groups is 1. The van der Waals surface area contributed by atoms with Crippen LogP contribution in [0.2, 0.25) is 0 Å². The second kappa shape index (κ2) is 8.03. The number of phenolic OH excluding ortho intramolecular Hbond substituents is 1. The number of nitro groups is 1. The molecule has 33 heavy (non-hydrogen) atoms. The van der Waals surface area contributed by atoms with Crippen molar-refractivity contribution in [2.75, 3.05) is 5.06 Å². The Hall–Kier alpha value is -4.24. The lowest BCUT2D eigenvalue weighted by atomic mass is 9.90. The summed E-state index contributed by atoms with van der Waals surface area (Å²) in [5.41, 5.74) is 1.67. The number of aromatic hydroxyl groups is 1. The van der Waals surface area contributed by atoms with Gasteiger partial charge in [0.1, 0.15) is 11.7 Å². The van der Waals surface area contributed by atoms with Crippen LogP contribution in [0.3, 0.4) is 0 Å². The van der Waals surface area contributed by atoms with Crippen molar-refractivity contribution < 1.29 is 24.5 Å². The van der Waals surface area contributed by atoms with Gasteiger partial charge >= 0.3 is 0 Å². The summed E-state index contributed by atoms with van der Waals surface area (Å²) in [6.07, 6.45) is -1.06. The number of carbonyl (C=O) groups excluding carboxylic acids is 2. The molecular formula is C24H19N3O6. The van der Waals surface area contributed by atoms with E-state index in [9.17, 15) is 24.8 Å². The van der Waals surface area contributed by atoms with E-state index in [-0.39, 0.29) is 23.9 Å². The molecule has 0 aliphatic carbocycles. The number of non-ortho nitro benzene ring substituents is 1. The maximum atomic E-state index is 13.4. The van der Waals surface area contributed by atoms with E-state index < -0.39 is 28.9 Å². The van der Waals surface area contributed by atoms with Gasteiger partial charge in [0.15, 0.2) is 6.10 Å². The molecule has 1 N–H and O–H groups in total. The summed E-state index contributed by atoms with van der Waals surface area (Å²) < 4.78 is 0. The predicted octanol–water partition coefficient (Wildman–Crippen LogP) is 3.35. The quantitative estimate of drug-likeness (QED) is 0.364. The Morgan fingerprint density at radius 2 is 1.67 bits per heavy atom. The molecule has 3 aromatic rings. The Balaban J connectivity index is 1.54. The third-order valence-corrected chi connectivity index (χ3v) is 5.92. The summed E-state index contributed by atoms with van der Waals surface area (Å²) in [5, 5.41) is 22.4. The normalized spacial score (nSPS) is 22.0. The van der Waals surface area contributed by atoms with Crippen LogP contribution in [0.15, 0.2) is 78.9 Å². The minimum absolute atomic E-state index is 0.0515. The number of hydroxylamine groups is 1. The predicted molar refractivity (Wildman–Crippen MR) is 117 cm³/mol. The van der Waals surface area contributed by atoms with E-state index in [1.807, 2.05) is 30.3 Å². The summed E-state index contributed by atoms with van der Waals surface area (Å²) in [6, 6.07) is 20.6.